The standard InChI is InChI=1S/C20H24S2/c1-3-11-19(21-17-13-7-5-8-14-17)20(12-4-2)22-18-15-9-6-10-16-18/h5-10,13-16H,3-4,11-12H2,1-2H3/b20-19+. The van der Waals surface area contributed by atoms with Crippen molar-refractivity contribution in [1.29, 1.82) is 0 Å². The molecule has 0 saturated carbocycles. The molecule has 0 radical (unpaired) electrons. The third kappa shape index (κ3) is 5.58. The first-order valence-corrected chi connectivity index (χ1v) is 9.64. The van der Waals surface area contributed by atoms with Gasteiger partial charge in [0.1, 0.15) is 0 Å². The average molecular weight is 329 g/mol. The second kappa shape index (κ2) is 9.81. The van der Waals surface area contributed by atoms with Gasteiger partial charge in [-0.25, -0.2) is 0 Å². The lowest BCUT2D eigenvalue weighted by atomic mass is 10.2. The Bertz CT molecular complexity index is 520. The van der Waals surface area contributed by atoms with Gasteiger partial charge < -0.3 is 0 Å². The molecule has 0 aliphatic rings. The van der Waals surface area contributed by atoms with Crippen LogP contribution in [0.1, 0.15) is 39.5 Å². The lowest BCUT2D eigenvalue weighted by Crippen LogP contribution is -1.87. The zero-order chi connectivity index (χ0) is 15.6. The Kier molecular flexibility index (Phi) is 7.68. The quantitative estimate of drug-likeness (QED) is 0.463. The highest BCUT2D eigenvalue weighted by atomic mass is 32.2. The van der Waals surface area contributed by atoms with Crippen molar-refractivity contribution in [3.63, 3.8) is 0 Å². The average Bonchev–Trinajstić information content (AvgIpc) is 2.56. The van der Waals surface area contributed by atoms with E-state index in [0.717, 1.165) is 12.8 Å². The van der Waals surface area contributed by atoms with E-state index in [1.165, 1.54) is 32.4 Å². The second-order valence-electron chi connectivity index (χ2n) is 5.18. The number of hydrogen-bond donors (Lipinski definition) is 0. The van der Waals surface area contributed by atoms with E-state index < -0.39 is 0 Å². The highest BCUT2D eigenvalue weighted by Crippen LogP contribution is 2.40. The summed E-state index contributed by atoms with van der Waals surface area (Å²) in [6.45, 7) is 4.53. The minimum absolute atomic E-state index is 1.16. The summed E-state index contributed by atoms with van der Waals surface area (Å²) in [4.78, 5) is 5.75. The molecule has 116 valence electrons. The summed E-state index contributed by atoms with van der Waals surface area (Å²) in [6.07, 6.45) is 4.71. The molecule has 2 aromatic rings. The first-order valence-electron chi connectivity index (χ1n) is 8.01. The summed E-state index contributed by atoms with van der Waals surface area (Å²) in [5, 5.41) is 0. The minimum atomic E-state index is 1.16. The maximum atomic E-state index is 2.27. The summed E-state index contributed by atoms with van der Waals surface area (Å²) >= 11 is 3.88. The van der Waals surface area contributed by atoms with Crippen molar-refractivity contribution in [3.8, 4) is 0 Å². The van der Waals surface area contributed by atoms with Crippen molar-refractivity contribution in [2.75, 3.05) is 0 Å². The molecule has 0 unspecified atom stereocenters. The number of benzene rings is 2. The molecule has 0 N–H and O–H groups in total. The molecule has 22 heavy (non-hydrogen) atoms. The molecular formula is C20H24S2. The third-order valence-electron chi connectivity index (χ3n) is 3.23. The van der Waals surface area contributed by atoms with Crippen molar-refractivity contribution >= 4 is 23.5 Å². The Labute approximate surface area is 143 Å². The van der Waals surface area contributed by atoms with Gasteiger partial charge in [0.2, 0.25) is 0 Å². The Morgan fingerprint density at radius 2 is 1.00 bits per heavy atom. The van der Waals surface area contributed by atoms with Crippen LogP contribution in [0.25, 0.3) is 0 Å². The van der Waals surface area contributed by atoms with Gasteiger partial charge in [0.05, 0.1) is 0 Å². The van der Waals surface area contributed by atoms with Crippen LogP contribution in [0, 0.1) is 0 Å². The summed E-state index contributed by atoms with van der Waals surface area (Å²) in [7, 11) is 0. The Morgan fingerprint density at radius 1 is 0.636 bits per heavy atom. The molecule has 0 bridgehead atoms. The fraction of sp³-hybridized carbons (Fsp3) is 0.300. The summed E-state index contributed by atoms with van der Waals surface area (Å²) in [5.41, 5.74) is 0. The zero-order valence-electron chi connectivity index (χ0n) is 13.4. The second-order valence-corrected chi connectivity index (χ2v) is 7.51. The SMILES string of the molecule is CCC/C(Sc1ccccc1)=C(/CCC)Sc1ccccc1. The lowest BCUT2D eigenvalue weighted by molar-refractivity contribution is 0.903. The smallest absolute Gasteiger partial charge is 0.0119 e. The first kappa shape index (κ1) is 17.2. The van der Waals surface area contributed by atoms with E-state index in [4.69, 9.17) is 0 Å². The van der Waals surface area contributed by atoms with Crippen molar-refractivity contribution in [2.45, 2.75) is 49.3 Å². The molecule has 0 aliphatic carbocycles. The van der Waals surface area contributed by atoms with E-state index in [2.05, 4.69) is 74.5 Å². The van der Waals surface area contributed by atoms with E-state index in [9.17, 15) is 0 Å². The number of rotatable bonds is 8. The molecule has 0 spiro atoms. The molecule has 0 heterocycles. The van der Waals surface area contributed by atoms with Gasteiger partial charge >= 0.3 is 0 Å². The molecule has 0 atom stereocenters. The molecule has 0 amide bonds. The number of thioether (sulfide) groups is 2. The van der Waals surface area contributed by atoms with Gasteiger partial charge in [-0.3, -0.25) is 0 Å². The van der Waals surface area contributed by atoms with E-state index in [0.29, 0.717) is 0 Å². The zero-order valence-corrected chi connectivity index (χ0v) is 15.1. The molecule has 0 aliphatic heterocycles. The molecule has 0 saturated heterocycles. The molecule has 0 aromatic heterocycles. The van der Waals surface area contributed by atoms with Crippen molar-refractivity contribution in [2.24, 2.45) is 0 Å². The van der Waals surface area contributed by atoms with Crippen LogP contribution in [0.2, 0.25) is 0 Å². The molecular weight excluding hydrogens is 304 g/mol. The molecule has 0 fully saturated rings. The van der Waals surface area contributed by atoms with Gasteiger partial charge in [-0.05, 0) is 46.9 Å². The van der Waals surface area contributed by atoms with Crippen LogP contribution in [0.3, 0.4) is 0 Å². The van der Waals surface area contributed by atoms with Gasteiger partial charge in [0, 0.05) is 9.79 Å². The van der Waals surface area contributed by atoms with E-state index in [1.807, 2.05) is 23.5 Å². The van der Waals surface area contributed by atoms with Crippen molar-refractivity contribution < 1.29 is 0 Å². The topological polar surface area (TPSA) is 0 Å². The Hall–Kier alpha value is -1.12. The summed E-state index contributed by atoms with van der Waals surface area (Å²) in [6, 6.07) is 21.5. The maximum Gasteiger partial charge on any atom is 0.0119 e. The Balaban J connectivity index is 2.25. The van der Waals surface area contributed by atoms with Crippen LogP contribution in [0.15, 0.2) is 80.3 Å². The van der Waals surface area contributed by atoms with E-state index >= 15 is 0 Å². The highest BCUT2D eigenvalue weighted by Gasteiger charge is 2.10. The van der Waals surface area contributed by atoms with Crippen molar-refractivity contribution in [3.05, 3.63) is 70.5 Å². The van der Waals surface area contributed by atoms with Gasteiger partial charge in [-0.1, -0.05) is 86.6 Å². The minimum Gasteiger partial charge on any atom is -0.0937 e. The van der Waals surface area contributed by atoms with Crippen LogP contribution in [-0.2, 0) is 0 Å². The molecule has 2 rings (SSSR count). The van der Waals surface area contributed by atoms with Crippen LogP contribution < -0.4 is 0 Å². The monoisotopic (exact) mass is 328 g/mol. The predicted octanol–water partition coefficient (Wildman–Crippen LogP) is 7.38. The van der Waals surface area contributed by atoms with E-state index in [1.54, 1.807) is 0 Å². The Morgan fingerprint density at radius 3 is 1.32 bits per heavy atom. The van der Waals surface area contributed by atoms with Gasteiger partial charge in [0.15, 0.2) is 0 Å². The largest absolute Gasteiger partial charge is 0.0937 e. The molecule has 2 heteroatoms. The summed E-state index contributed by atoms with van der Waals surface area (Å²) < 4.78 is 0. The lowest BCUT2D eigenvalue weighted by Gasteiger charge is -2.14. The summed E-state index contributed by atoms with van der Waals surface area (Å²) in [5.74, 6) is 0. The van der Waals surface area contributed by atoms with Crippen LogP contribution in [0.5, 0.6) is 0 Å². The highest BCUT2D eigenvalue weighted by molar-refractivity contribution is 8.06. The normalized spacial score (nSPS) is 12.1. The molecule has 2 aromatic carbocycles. The van der Waals surface area contributed by atoms with Crippen LogP contribution >= 0.6 is 23.5 Å². The van der Waals surface area contributed by atoms with E-state index in [-0.39, 0.29) is 0 Å². The number of hydrogen-bond acceptors (Lipinski definition) is 2. The van der Waals surface area contributed by atoms with Crippen molar-refractivity contribution in [1.82, 2.24) is 0 Å². The predicted molar refractivity (Wildman–Crippen MR) is 101 cm³/mol. The van der Waals surface area contributed by atoms with Crippen LogP contribution in [0.4, 0.5) is 0 Å². The fourth-order valence-corrected chi connectivity index (χ4v) is 4.66. The third-order valence-corrected chi connectivity index (χ3v) is 5.77. The van der Waals surface area contributed by atoms with Gasteiger partial charge in [-0.15, -0.1) is 0 Å². The van der Waals surface area contributed by atoms with Gasteiger partial charge in [-0.2, -0.15) is 0 Å². The fourth-order valence-electron chi connectivity index (χ4n) is 2.21. The molecule has 0 nitrogen and oxygen atoms in total. The maximum absolute atomic E-state index is 2.27. The van der Waals surface area contributed by atoms with Gasteiger partial charge in [0.25, 0.3) is 0 Å². The van der Waals surface area contributed by atoms with Crippen LogP contribution in [-0.4, -0.2) is 0 Å². The first-order chi connectivity index (χ1) is 10.8. The number of allylic oxidation sites excluding steroid dienone is 2.